The van der Waals surface area contributed by atoms with Gasteiger partial charge in [0, 0.05) is 18.3 Å². The topological polar surface area (TPSA) is 41.6 Å². The Bertz CT molecular complexity index is 727. The maximum absolute atomic E-state index is 12.9. The van der Waals surface area contributed by atoms with Gasteiger partial charge in [-0.05, 0) is 43.4 Å². The quantitative estimate of drug-likeness (QED) is 0.855. The molecule has 0 saturated carbocycles. The Morgan fingerprint density at radius 1 is 1.20 bits per heavy atom. The highest BCUT2D eigenvalue weighted by molar-refractivity contribution is 5.90. The molecule has 25 heavy (non-hydrogen) atoms. The Labute approximate surface area is 149 Å². The number of methoxy groups -OCH3 is 1. The molecule has 4 heteroatoms. The Balaban J connectivity index is 1.81. The predicted molar refractivity (Wildman–Crippen MR) is 101 cm³/mol. The van der Waals surface area contributed by atoms with Crippen molar-refractivity contribution in [3.05, 3.63) is 59.7 Å². The number of urea groups is 1. The van der Waals surface area contributed by atoms with Crippen LogP contribution in [0.1, 0.15) is 36.9 Å². The molecule has 2 amide bonds. The molecule has 132 valence electrons. The summed E-state index contributed by atoms with van der Waals surface area (Å²) in [5, 5.41) is 3.03. The van der Waals surface area contributed by atoms with Crippen LogP contribution in [0, 0.1) is 12.8 Å². The van der Waals surface area contributed by atoms with Crippen LogP contribution in [0.2, 0.25) is 0 Å². The van der Waals surface area contributed by atoms with Crippen LogP contribution >= 0.6 is 0 Å². The molecule has 0 spiro atoms. The molecule has 3 rings (SSSR count). The molecule has 1 aliphatic rings. The highest BCUT2D eigenvalue weighted by Crippen LogP contribution is 2.36. The molecule has 2 aromatic rings. The van der Waals surface area contributed by atoms with E-state index in [4.69, 9.17) is 4.74 Å². The fourth-order valence-electron chi connectivity index (χ4n) is 3.58. The summed E-state index contributed by atoms with van der Waals surface area (Å²) in [5.41, 5.74) is 3.20. The summed E-state index contributed by atoms with van der Waals surface area (Å²) >= 11 is 0. The molecule has 4 nitrogen and oxygen atoms in total. The molecular weight excluding hydrogens is 312 g/mol. The van der Waals surface area contributed by atoms with Crippen molar-refractivity contribution in [1.29, 1.82) is 0 Å². The van der Waals surface area contributed by atoms with E-state index in [1.807, 2.05) is 29.2 Å². The number of nitrogens with one attached hydrogen (secondary N) is 1. The van der Waals surface area contributed by atoms with E-state index in [-0.39, 0.29) is 12.1 Å². The molecule has 0 radical (unpaired) electrons. The zero-order valence-electron chi connectivity index (χ0n) is 15.2. The van der Waals surface area contributed by atoms with Gasteiger partial charge in [0.2, 0.25) is 0 Å². The van der Waals surface area contributed by atoms with Crippen molar-refractivity contribution in [2.75, 3.05) is 19.0 Å². The third kappa shape index (κ3) is 3.95. The Morgan fingerprint density at radius 3 is 2.68 bits per heavy atom. The van der Waals surface area contributed by atoms with Crippen molar-refractivity contribution in [3.8, 4) is 5.75 Å². The first-order chi connectivity index (χ1) is 12.1. The molecular formula is C21H26N2O2. The van der Waals surface area contributed by atoms with Crippen LogP contribution < -0.4 is 10.1 Å². The van der Waals surface area contributed by atoms with Gasteiger partial charge in [0.05, 0.1) is 13.2 Å². The molecule has 0 bridgehead atoms. The maximum atomic E-state index is 12.9. The monoisotopic (exact) mass is 338 g/mol. The van der Waals surface area contributed by atoms with Crippen LogP contribution in [-0.2, 0) is 0 Å². The van der Waals surface area contributed by atoms with Crippen LogP contribution in [0.3, 0.4) is 0 Å². The van der Waals surface area contributed by atoms with E-state index in [1.54, 1.807) is 7.11 Å². The molecule has 2 atom stereocenters. The van der Waals surface area contributed by atoms with Crippen LogP contribution in [0.5, 0.6) is 5.75 Å². The second kappa shape index (κ2) is 7.60. The second-order valence-electron chi connectivity index (χ2n) is 6.83. The number of carbonyl (C=O) groups is 1. The number of benzene rings is 2. The van der Waals surface area contributed by atoms with Gasteiger partial charge < -0.3 is 15.0 Å². The number of hydrogen-bond acceptors (Lipinski definition) is 2. The summed E-state index contributed by atoms with van der Waals surface area (Å²) in [6.07, 6.45) is 2.18. The number of piperidine rings is 1. The first kappa shape index (κ1) is 17.3. The summed E-state index contributed by atoms with van der Waals surface area (Å²) < 4.78 is 5.24. The van der Waals surface area contributed by atoms with E-state index in [0.717, 1.165) is 30.8 Å². The lowest BCUT2D eigenvalue weighted by atomic mass is 9.86. The first-order valence-electron chi connectivity index (χ1n) is 8.86. The average Bonchev–Trinajstić information content (AvgIpc) is 2.62. The standard InChI is InChI=1S/C21H26N2O2/c1-15-9-11-17(12-10-15)20-16(2)6-5-13-23(20)21(24)22-18-7-4-8-19(14-18)25-3/h4,7-12,14,16,20H,5-6,13H2,1-3H3,(H,22,24)/t16-,20+/m1/s1. The number of hydrogen-bond donors (Lipinski definition) is 1. The van der Waals surface area contributed by atoms with E-state index in [2.05, 4.69) is 43.4 Å². The van der Waals surface area contributed by atoms with Crippen molar-refractivity contribution < 1.29 is 9.53 Å². The molecule has 0 aromatic heterocycles. The van der Waals surface area contributed by atoms with Crippen molar-refractivity contribution in [1.82, 2.24) is 4.90 Å². The summed E-state index contributed by atoms with van der Waals surface area (Å²) in [5.74, 6) is 1.17. The number of amides is 2. The van der Waals surface area contributed by atoms with E-state index in [1.165, 1.54) is 11.1 Å². The highest BCUT2D eigenvalue weighted by atomic mass is 16.5. The number of likely N-dealkylation sites (tertiary alicyclic amines) is 1. The summed E-state index contributed by atoms with van der Waals surface area (Å²) in [6.45, 7) is 5.09. The maximum Gasteiger partial charge on any atom is 0.322 e. The minimum Gasteiger partial charge on any atom is -0.497 e. The third-order valence-corrected chi connectivity index (χ3v) is 4.93. The van der Waals surface area contributed by atoms with E-state index >= 15 is 0 Å². The largest absolute Gasteiger partial charge is 0.497 e. The summed E-state index contributed by atoms with van der Waals surface area (Å²) in [7, 11) is 1.63. The average molecular weight is 338 g/mol. The minimum atomic E-state index is -0.0506. The SMILES string of the molecule is COc1cccc(NC(=O)N2CCC[C@@H](C)[C@H]2c2ccc(C)cc2)c1. The lowest BCUT2D eigenvalue weighted by Crippen LogP contribution is -2.44. The fraction of sp³-hybridized carbons (Fsp3) is 0.381. The van der Waals surface area contributed by atoms with Gasteiger partial charge in [0.25, 0.3) is 0 Å². The van der Waals surface area contributed by atoms with E-state index in [0.29, 0.717) is 5.92 Å². The normalized spacial score (nSPS) is 20.2. The van der Waals surface area contributed by atoms with Crippen LogP contribution in [-0.4, -0.2) is 24.6 Å². The predicted octanol–water partition coefficient (Wildman–Crippen LogP) is 5.01. The zero-order valence-corrected chi connectivity index (χ0v) is 15.2. The van der Waals surface area contributed by atoms with Gasteiger partial charge in [0.1, 0.15) is 5.75 Å². The molecule has 0 unspecified atom stereocenters. The van der Waals surface area contributed by atoms with Gasteiger partial charge in [-0.1, -0.05) is 42.8 Å². The smallest absolute Gasteiger partial charge is 0.322 e. The number of anilines is 1. The van der Waals surface area contributed by atoms with Gasteiger partial charge in [-0.15, -0.1) is 0 Å². The highest BCUT2D eigenvalue weighted by Gasteiger charge is 2.33. The van der Waals surface area contributed by atoms with Crippen LogP contribution in [0.25, 0.3) is 0 Å². The van der Waals surface area contributed by atoms with E-state index in [9.17, 15) is 4.79 Å². The van der Waals surface area contributed by atoms with Gasteiger partial charge in [-0.3, -0.25) is 0 Å². The van der Waals surface area contributed by atoms with Gasteiger partial charge in [0.15, 0.2) is 0 Å². The van der Waals surface area contributed by atoms with Crippen molar-refractivity contribution >= 4 is 11.7 Å². The Hall–Kier alpha value is -2.49. The number of aryl methyl sites for hydroxylation is 1. The Kier molecular flexibility index (Phi) is 5.27. The first-order valence-corrected chi connectivity index (χ1v) is 8.86. The summed E-state index contributed by atoms with van der Waals surface area (Å²) in [6, 6.07) is 16.1. The van der Waals surface area contributed by atoms with E-state index < -0.39 is 0 Å². The summed E-state index contributed by atoms with van der Waals surface area (Å²) in [4.78, 5) is 14.9. The van der Waals surface area contributed by atoms with Crippen molar-refractivity contribution in [2.24, 2.45) is 5.92 Å². The van der Waals surface area contributed by atoms with Gasteiger partial charge in [-0.25, -0.2) is 4.79 Å². The van der Waals surface area contributed by atoms with Crippen LogP contribution in [0.4, 0.5) is 10.5 Å². The number of carbonyl (C=O) groups excluding carboxylic acids is 1. The van der Waals surface area contributed by atoms with Crippen LogP contribution in [0.15, 0.2) is 48.5 Å². The fourth-order valence-corrected chi connectivity index (χ4v) is 3.58. The van der Waals surface area contributed by atoms with Gasteiger partial charge >= 0.3 is 6.03 Å². The molecule has 1 N–H and O–H groups in total. The molecule has 1 fully saturated rings. The minimum absolute atomic E-state index is 0.0506. The van der Waals surface area contributed by atoms with Gasteiger partial charge in [-0.2, -0.15) is 0 Å². The Morgan fingerprint density at radius 2 is 1.96 bits per heavy atom. The third-order valence-electron chi connectivity index (χ3n) is 4.93. The molecule has 1 aliphatic heterocycles. The van der Waals surface area contributed by atoms with Crippen molar-refractivity contribution in [2.45, 2.75) is 32.7 Å². The molecule has 0 aliphatic carbocycles. The second-order valence-corrected chi connectivity index (χ2v) is 6.83. The zero-order chi connectivity index (χ0) is 17.8. The number of nitrogens with zero attached hydrogens (tertiary/aromatic N) is 1. The lowest BCUT2D eigenvalue weighted by Gasteiger charge is -2.40. The molecule has 1 saturated heterocycles. The van der Waals surface area contributed by atoms with Crippen molar-refractivity contribution in [3.63, 3.8) is 0 Å². The lowest BCUT2D eigenvalue weighted by molar-refractivity contribution is 0.129. The molecule has 1 heterocycles. The number of ether oxygens (including phenoxy) is 1. The number of rotatable bonds is 3. The molecule has 2 aromatic carbocycles.